The third-order valence-corrected chi connectivity index (χ3v) is 3.66. The number of ether oxygens (including phenoxy) is 1. The zero-order valence-corrected chi connectivity index (χ0v) is 12.0. The SMILES string of the molecule is COCCC(C)N1CCCC1CNCC(C)C. The molecule has 1 heterocycles. The maximum absolute atomic E-state index is 5.18. The zero-order valence-electron chi connectivity index (χ0n) is 12.0. The van der Waals surface area contributed by atoms with Gasteiger partial charge in [-0.1, -0.05) is 13.8 Å². The molecule has 1 saturated heterocycles. The Kier molecular flexibility index (Phi) is 7.09. The number of hydrogen-bond acceptors (Lipinski definition) is 3. The van der Waals surface area contributed by atoms with Crippen LogP contribution in [0.15, 0.2) is 0 Å². The van der Waals surface area contributed by atoms with E-state index in [0.29, 0.717) is 6.04 Å². The summed E-state index contributed by atoms with van der Waals surface area (Å²) >= 11 is 0. The molecular formula is C14H30N2O. The first kappa shape index (κ1) is 14.9. The highest BCUT2D eigenvalue weighted by Crippen LogP contribution is 2.21. The van der Waals surface area contributed by atoms with Gasteiger partial charge < -0.3 is 10.1 Å². The van der Waals surface area contributed by atoms with Crippen molar-refractivity contribution in [1.29, 1.82) is 0 Å². The number of rotatable bonds is 8. The van der Waals surface area contributed by atoms with Gasteiger partial charge >= 0.3 is 0 Å². The summed E-state index contributed by atoms with van der Waals surface area (Å²) in [6.07, 6.45) is 3.85. The molecule has 2 atom stereocenters. The Bertz CT molecular complexity index is 197. The molecule has 0 aromatic carbocycles. The molecule has 1 aliphatic heterocycles. The highest BCUT2D eigenvalue weighted by atomic mass is 16.5. The Hall–Kier alpha value is -0.120. The fourth-order valence-corrected chi connectivity index (χ4v) is 2.65. The number of nitrogens with zero attached hydrogens (tertiary/aromatic N) is 1. The van der Waals surface area contributed by atoms with E-state index in [0.717, 1.165) is 38.1 Å². The minimum absolute atomic E-state index is 0.656. The Morgan fingerprint density at radius 3 is 2.76 bits per heavy atom. The second-order valence-electron chi connectivity index (χ2n) is 5.72. The number of likely N-dealkylation sites (tertiary alicyclic amines) is 1. The lowest BCUT2D eigenvalue weighted by Gasteiger charge is -2.31. The van der Waals surface area contributed by atoms with Crippen molar-refractivity contribution >= 4 is 0 Å². The average Bonchev–Trinajstić information content (AvgIpc) is 2.73. The molecule has 1 N–H and O–H groups in total. The first-order valence-electron chi connectivity index (χ1n) is 7.10. The van der Waals surface area contributed by atoms with Crippen LogP contribution in [0.3, 0.4) is 0 Å². The van der Waals surface area contributed by atoms with Crippen molar-refractivity contribution in [3.8, 4) is 0 Å². The third kappa shape index (κ3) is 5.36. The topological polar surface area (TPSA) is 24.5 Å². The molecule has 1 aliphatic rings. The molecular weight excluding hydrogens is 212 g/mol. The number of hydrogen-bond donors (Lipinski definition) is 1. The van der Waals surface area contributed by atoms with Crippen LogP contribution in [-0.2, 0) is 4.74 Å². The molecule has 2 unspecified atom stereocenters. The van der Waals surface area contributed by atoms with Gasteiger partial charge in [0.25, 0.3) is 0 Å². The van der Waals surface area contributed by atoms with Gasteiger partial charge in [0.15, 0.2) is 0 Å². The first-order chi connectivity index (χ1) is 8.15. The van der Waals surface area contributed by atoms with Crippen molar-refractivity contribution in [2.75, 3.05) is 33.4 Å². The lowest BCUT2D eigenvalue weighted by molar-refractivity contribution is 0.129. The van der Waals surface area contributed by atoms with Crippen LogP contribution in [0.4, 0.5) is 0 Å². The van der Waals surface area contributed by atoms with Crippen molar-refractivity contribution in [3.63, 3.8) is 0 Å². The molecule has 0 saturated carbocycles. The van der Waals surface area contributed by atoms with Gasteiger partial charge in [0.1, 0.15) is 0 Å². The van der Waals surface area contributed by atoms with E-state index in [1.165, 1.54) is 19.4 Å². The predicted molar refractivity (Wildman–Crippen MR) is 73.4 cm³/mol. The lowest BCUT2D eigenvalue weighted by atomic mass is 10.1. The average molecular weight is 242 g/mol. The van der Waals surface area contributed by atoms with Crippen molar-refractivity contribution in [2.45, 2.75) is 52.1 Å². The van der Waals surface area contributed by atoms with Gasteiger partial charge in [0.05, 0.1) is 0 Å². The maximum Gasteiger partial charge on any atom is 0.0477 e. The lowest BCUT2D eigenvalue weighted by Crippen LogP contribution is -2.43. The smallest absolute Gasteiger partial charge is 0.0477 e. The van der Waals surface area contributed by atoms with Gasteiger partial charge in [-0.3, -0.25) is 4.90 Å². The van der Waals surface area contributed by atoms with Crippen LogP contribution >= 0.6 is 0 Å². The molecule has 0 spiro atoms. The van der Waals surface area contributed by atoms with Crippen molar-refractivity contribution < 1.29 is 4.74 Å². The van der Waals surface area contributed by atoms with Crippen molar-refractivity contribution in [3.05, 3.63) is 0 Å². The van der Waals surface area contributed by atoms with E-state index in [4.69, 9.17) is 4.74 Å². The van der Waals surface area contributed by atoms with E-state index in [-0.39, 0.29) is 0 Å². The van der Waals surface area contributed by atoms with Gasteiger partial charge in [-0.05, 0) is 45.2 Å². The largest absolute Gasteiger partial charge is 0.385 e. The van der Waals surface area contributed by atoms with Crippen molar-refractivity contribution in [2.24, 2.45) is 5.92 Å². The highest BCUT2D eigenvalue weighted by Gasteiger charge is 2.27. The van der Waals surface area contributed by atoms with Gasteiger partial charge in [0.2, 0.25) is 0 Å². The first-order valence-corrected chi connectivity index (χ1v) is 7.10. The molecule has 3 heteroatoms. The normalized spacial score (nSPS) is 23.5. The van der Waals surface area contributed by atoms with Gasteiger partial charge in [-0.25, -0.2) is 0 Å². The van der Waals surface area contributed by atoms with E-state index in [1.807, 2.05) is 0 Å². The molecule has 0 aliphatic carbocycles. The Balaban J connectivity index is 2.27. The monoisotopic (exact) mass is 242 g/mol. The van der Waals surface area contributed by atoms with E-state index < -0.39 is 0 Å². The van der Waals surface area contributed by atoms with Crippen LogP contribution in [0, 0.1) is 5.92 Å². The van der Waals surface area contributed by atoms with E-state index in [9.17, 15) is 0 Å². The summed E-state index contributed by atoms with van der Waals surface area (Å²) in [6, 6.07) is 1.39. The summed E-state index contributed by atoms with van der Waals surface area (Å²) in [5, 5.41) is 3.59. The molecule has 0 radical (unpaired) electrons. The summed E-state index contributed by atoms with van der Waals surface area (Å²) < 4.78 is 5.18. The van der Waals surface area contributed by atoms with E-state index in [2.05, 4.69) is 31.0 Å². The van der Waals surface area contributed by atoms with Crippen LogP contribution in [0.25, 0.3) is 0 Å². The maximum atomic E-state index is 5.18. The Labute approximate surface area is 107 Å². The standard InChI is InChI=1S/C14H30N2O/c1-12(2)10-15-11-14-6-5-8-16(14)13(3)7-9-17-4/h12-15H,5-11H2,1-4H3. The Morgan fingerprint density at radius 1 is 1.35 bits per heavy atom. The van der Waals surface area contributed by atoms with Crippen LogP contribution < -0.4 is 5.32 Å². The molecule has 0 aromatic rings. The second kappa shape index (κ2) is 8.06. The van der Waals surface area contributed by atoms with E-state index >= 15 is 0 Å². The van der Waals surface area contributed by atoms with Gasteiger partial charge in [0, 0.05) is 32.3 Å². The predicted octanol–water partition coefficient (Wildman–Crippen LogP) is 2.12. The summed E-state index contributed by atoms with van der Waals surface area (Å²) in [4.78, 5) is 2.66. The van der Waals surface area contributed by atoms with Gasteiger partial charge in [-0.2, -0.15) is 0 Å². The molecule has 17 heavy (non-hydrogen) atoms. The van der Waals surface area contributed by atoms with Crippen molar-refractivity contribution in [1.82, 2.24) is 10.2 Å². The zero-order chi connectivity index (χ0) is 12.7. The van der Waals surface area contributed by atoms with Crippen LogP contribution in [-0.4, -0.2) is 50.3 Å². The fourth-order valence-electron chi connectivity index (χ4n) is 2.65. The Morgan fingerprint density at radius 2 is 2.12 bits per heavy atom. The molecule has 0 bridgehead atoms. The number of methoxy groups -OCH3 is 1. The van der Waals surface area contributed by atoms with Crippen LogP contribution in [0.5, 0.6) is 0 Å². The fraction of sp³-hybridized carbons (Fsp3) is 1.00. The van der Waals surface area contributed by atoms with Gasteiger partial charge in [-0.15, -0.1) is 0 Å². The highest BCUT2D eigenvalue weighted by molar-refractivity contribution is 4.84. The minimum Gasteiger partial charge on any atom is -0.385 e. The summed E-state index contributed by atoms with van der Waals surface area (Å²) in [5.41, 5.74) is 0. The molecule has 1 fully saturated rings. The molecule has 3 nitrogen and oxygen atoms in total. The van der Waals surface area contributed by atoms with E-state index in [1.54, 1.807) is 7.11 Å². The molecule has 0 amide bonds. The van der Waals surface area contributed by atoms with Crippen LogP contribution in [0.1, 0.15) is 40.0 Å². The summed E-state index contributed by atoms with van der Waals surface area (Å²) in [7, 11) is 1.79. The summed E-state index contributed by atoms with van der Waals surface area (Å²) in [5.74, 6) is 0.746. The second-order valence-corrected chi connectivity index (χ2v) is 5.72. The summed E-state index contributed by atoms with van der Waals surface area (Å²) in [6.45, 7) is 11.3. The van der Waals surface area contributed by atoms with Crippen LogP contribution in [0.2, 0.25) is 0 Å². The number of nitrogens with one attached hydrogen (secondary N) is 1. The minimum atomic E-state index is 0.656. The molecule has 1 rings (SSSR count). The molecule has 0 aromatic heterocycles. The third-order valence-electron chi connectivity index (χ3n) is 3.66. The molecule has 102 valence electrons. The quantitative estimate of drug-likeness (QED) is 0.705.